The fourth-order valence-electron chi connectivity index (χ4n) is 3.29. The summed E-state index contributed by atoms with van der Waals surface area (Å²) in [5, 5.41) is 5.49. The third-order valence-corrected chi connectivity index (χ3v) is 4.82. The zero-order chi connectivity index (χ0) is 20.8. The van der Waals surface area contributed by atoms with Gasteiger partial charge in [-0.2, -0.15) is 9.78 Å². The normalized spacial score (nSPS) is 11.8. The van der Waals surface area contributed by atoms with E-state index in [0.717, 1.165) is 27.9 Å². The summed E-state index contributed by atoms with van der Waals surface area (Å²) in [4.78, 5) is 13.0. The fraction of sp³-hybridized carbons (Fsp3) is 0.130. The van der Waals surface area contributed by atoms with Gasteiger partial charge in [0.2, 0.25) is 0 Å². The van der Waals surface area contributed by atoms with Crippen LogP contribution >= 0.6 is 0 Å². The van der Waals surface area contributed by atoms with E-state index in [2.05, 4.69) is 5.10 Å². The molecule has 0 fully saturated rings. The van der Waals surface area contributed by atoms with Gasteiger partial charge in [0.05, 0.1) is 11.1 Å². The number of benzene rings is 3. The highest BCUT2D eigenvalue weighted by molar-refractivity contribution is 5.94. The van der Waals surface area contributed by atoms with E-state index in [1.807, 2.05) is 44.2 Å². The van der Waals surface area contributed by atoms with E-state index in [-0.39, 0.29) is 5.69 Å². The lowest BCUT2D eigenvalue weighted by Gasteiger charge is -2.20. The Morgan fingerprint density at radius 2 is 1.66 bits per heavy atom. The maximum Gasteiger partial charge on any atom is 0.279 e. The standard InChI is InChI=1S/C23H19F2N3O/c1-23(2,26)15-7-5-6-14(12-15)21-17-8-3-4-9-18(17)22(29)28(27-21)20-11-10-16(24)13-19(20)25/h3-13H,26H2,1-2H3. The van der Waals surface area contributed by atoms with Crippen LogP contribution in [0.1, 0.15) is 19.4 Å². The average molecular weight is 391 g/mol. The van der Waals surface area contributed by atoms with Gasteiger partial charge >= 0.3 is 0 Å². The molecule has 29 heavy (non-hydrogen) atoms. The SMILES string of the molecule is CC(C)(N)c1cccc(-c2nn(-c3ccc(F)cc3F)c(=O)c3ccccc23)c1. The van der Waals surface area contributed by atoms with Crippen LogP contribution in [-0.2, 0) is 5.54 Å². The third-order valence-electron chi connectivity index (χ3n) is 4.82. The molecule has 1 heterocycles. The second-order valence-corrected chi connectivity index (χ2v) is 7.51. The average Bonchev–Trinajstić information content (AvgIpc) is 2.69. The summed E-state index contributed by atoms with van der Waals surface area (Å²) in [6.45, 7) is 3.79. The van der Waals surface area contributed by atoms with E-state index in [9.17, 15) is 13.6 Å². The van der Waals surface area contributed by atoms with Crippen LogP contribution in [-0.4, -0.2) is 9.78 Å². The molecular weight excluding hydrogens is 372 g/mol. The van der Waals surface area contributed by atoms with Gasteiger partial charge < -0.3 is 5.73 Å². The molecule has 0 amide bonds. The van der Waals surface area contributed by atoms with Crippen LogP contribution < -0.4 is 11.3 Å². The Morgan fingerprint density at radius 1 is 0.931 bits per heavy atom. The monoisotopic (exact) mass is 391 g/mol. The van der Waals surface area contributed by atoms with Crippen molar-refractivity contribution in [1.82, 2.24) is 9.78 Å². The molecule has 0 aliphatic heterocycles. The predicted octanol–water partition coefficient (Wildman–Crippen LogP) is 4.52. The maximum absolute atomic E-state index is 14.4. The molecule has 3 aromatic carbocycles. The maximum atomic E-state index is 14.4. The Bertz CT molecular complexity index is 1290. The van der Waals surface area contributed by atoms with E-state index in [1.54, 1.807) is 18.2 Å². The van der Waals surface area contributed by atoms with Crippen LogP contribution in [0.4, 0.5) is 8.78 Å². The molecule has 0 unspecified atom stereocenters. The number of hydrogen-bond donors (Lipinski definition) is 1. The molecule has 0 atom stereocenters. The van der Waals surface area contributed by atoms with Crippen molar-refractivity contribution >= 4 is 10.8 Å². The van der Waals surface area contributed by atoms with Crippen LogP contribution in [0.2, 0.25) is 0 Å². The van der Waals surface area contributed by atoms with Crippen LogP contribution in [0.15, 0.2) is 71.5 Å². The number of nitrogens with two attached hydrogens (primary N) is 1. The van der Waals surface area contributed by atoms with Crippen LogP contribution in [0.3, 0.4) is 0 Å². The Balaban J connectivity index is 2.05. The van der Waals surface area contributed by atoms with E-state index in [0.29, 0.717) is 16.5 Å². The zero-order valence-electron chi connectivity index (χ0n) is 16.0. The summed E-state index contributed by atoms with van der Waals surface area (Å²) in [5.41, 5.74) is 7.22. The van der Waals surface area contributed by atoms with Crippen LogP contribution in [0.5, 0.6) is 0 Å². The molecule has 4 rings (SSSR count). The summed E-state index contributed by atoms with van der Waals surface area (Å²) >= 11 is 0. The van der Waals surface area contributed by atoms with Gasteiger partial charge in [-0.15, -0.1) is 0 Å². The molecule has 146 valence electrons. The van der Waals surface area contributed by atoms with E-state index >= 15 is 0 Å². The highest BCUT2D eigenvalue weighted by Gasteiger charge is 2.18. The molecule has 4 aromatic rings. The first-order chi connectivity index (χ1) is 13.8. The molecule has 0 aliphatic rings. The molecule has 0 spiro atoms. The molecule has 0 saturated heterocycles. The lowest BCUT2D eigenvalue weighted by atomic mass is 9.93. The van der Waals surface area contributed by atoms with E-state index in [4.69, 9.17) is 5.73 Å². The minimum atomic E-state index is -0.863. The highest BCUT2D eigenvalue weighted by atomic mass is 19.1. The molecule has 0 bridgehead atoms. The molecule has 0 radical (unpaired) electrons. The topological polar surface area (TPSA) is 60.9 Å². The molecule has 1 aromatic heterocycles. The molecule has 2 N–H and O–H groups in total. The summed E-state index contributed by atoms with van der Waals surface area (Å²) in [7, 11) is 0. The third kappa shape index (κ3) is 3.43. The van der Waals surface area contributed by atoms with Gasteiger partial charge in [0, 0.05) is 22.6 Å². The van der Waals surface area contributed by atoms with Gasteiger partial charge in [0.1, 0.15) is 11.5 Å². The van der Waals surface area contributed by atoms with Crippen molar-refractivity contribution in [2.45, 2.75) is 19.4 Å². The van der Waals surface area contributed by atoms with Gasteiger partial charge in [-0.25, -0.2) is 8.78 Å². The number of nitrogens with zero attached hydrogens (tertiary/aromatic N) is 2. The lowest BCUT2D eigenvalue weighted by molar-refractivity contribution is 0.554. The van der Waals surface area contributed by atoms with Crippen molar-refractivity contribution in [3.63, 3.8) is 0 Å². The Hall–Kier alpha value is -3.38. The van der Waals surface area contributed by atoms with Crippen molar-refractivity contribution < 1.29 is 8.78 Å². The summed E-state index contributed by atoms with van der Waals surface area (Å²) in [6, 6.07) is 17.6. The second-order valence-electron chi connectivity index (χ2n) is 7.51. The number of fused-ring (bicyclic) bond motifs is 1. The van der Waals surface area contributed by atoms with E-state index in [1.165, 1.54) is 6.07 Å². The van der Waals surface area contributed by atoms with Crippen LogP contribution in [0.25, 0.3) is 27.7 Å². The molecule has 0 saturated carbocycles. The second kappa shape index (κ2) is 6.90. The largest absolute Gasteiger partial charge is 0.322 e. The van der Waals surface area contributed by atoms with E-state index < -0.39 is 22.7 Å². The van der Waals surface area contributed by atoms with Gasteiger partial charge in [-0.3, -0.25) is 4.79 Å². The van der Waals surface area contributed by atoms with Gasteiger partial charge in [0.25, 0.3) is 5.56 Å². The number of hydrogen-bond acceptors (Lipinski definition) is 3. The molecule has 6 heteroatoms. The predicted molar refractivity (Wildman–Crippen MR) is 110 cm³/mol. The highest BCUT2D eigenvalue weighted by Crippen LogP contribution is 2.28. The summed E-state index contributed by atoms with van der Waals surface area (Å²) in [5.74, 6) is -1.59. The van der Waals surface area contributed by atoms with Gasteiger partial charge in [-0.1, -0.05) is 36.4 Å². The van der Waals surface area contributed by atoms with Crippen LogP contribution in [0, 0.1) is 11.6 Å². The van der Waals surface area contributed by atoms with Gasteiger partial charge in [-0.05, 0) is 43.7 Å². The number of aromatic nitrogens is 2. The van der Waals surface area contributed by atoms with Crippen molar-refractivity contribution in [3.05, 3.63) is 94.3 Å². The Kier molecular flexibility index (Phi) is 4.51. The van der Waals surface area contributed by atoms with Crippen molar-refractivity contribution in [2.75, 3.05) is 0 Å². The number of halogens is 2. The van der Waals surface area contributed by atoms with Crippen molar-refractivity contribution in [3.8, 4) is 16.9 Å². The zero-order valence-corrected chi connectivity index (χ0v) is 16.0. The van der Waals surface area contributed by atoms with Gasteiger partial charge in [0.15, 0.2) is 5.82 Å². The summed E-state index contributed by atoms with van der Waals surface area (Å²) < 4.78 is 28.8. The minimum Gasteiger partial charge on any atom is -0.322 e. The smallest absolute Gasteiger partial charge is 0.279 e. The number of rotatable bonds is 3. The Morgan fingerprint density at radius 3 is 2.34 bits per heavy atom. The quantitative estimate of drug-likeness (QED) is 0.558. The first-order valence-corrected chi connectivity index (χ1v) is 9.13. The summed E-state index contributed by atoms with van der Waals surface area (Å²) in [6.07, 6.45) is 0. The Labute approximate surface area is 166 Å². The molecular formula is C23H19F2N3O. The molecule has 0 aliphatic carbocycles. The first-order valence-electron chi connectivity index (χ1n) is 9.13. The van der Waals surface area contributed by atoms with Crippen molar-refractivity contribution in [1.29, 1.82) is 0 Å². The molecule has 4 nitrogen and oxygen atoms in total. The van der Waals surface area contributed by atoms with Crippen molar-refractivity contribution in [2.24, 2.45) is 5.73 Å². The minimum absolute atomic E-state index is 0.112. The fourth-order valence-corrected chi connectivity index (χ4v) is 3.29. The lowest BCUT2D eigenvalue weighted by Crippen LogP contribution is -2.28. The first kappa shape index (κ1) is 19.0.